The fourth-order valence-corrected chi connectivity index (χ4v) is 14.3. The van der Waals surface area contributed by atoms with Crippen LogP contribution in [0.2, 0.25) is 19.1 Å². The van der Waals surface area contributed by atoms with Gasteiger partial charge in [0.05, 0.1) is 8.07 Å². The molecule has 42 heavy (non-hydrogen) atoms. The Labute approximate surface area is 263 Å². The second-order valence-electron chi connectivity index (χ2n) is 19.5. The summed E-state index contributed by atoms with van der Waals surface area (Å²) in [5.41, 5.74) is 2.94. The van der Waals surface area contributed by atoms with Crippen molar-refractivity contribution in [2.24, 2.45) is 69.5 Å². The summed E-state index contributed by atoms with van der Waals surface area (Å²) < 4.78 is 0. The van der Waals surface area contributed by atoms with Gasteiger partial charge < -0.3 is 0 Å². The molecule has 1 heteroatoms. The zero-order valence-electron chi connectivity index (χ0n) is 29.6. The van der Waals surface area contributed by atoms with Crippen LogP contribution in [0, 0.1) is 69.5 Å². The van der Waals surface area contributed by atoms with Crippen LogP contribution in [0.5, 0.6) is 0 Å². The van der Waals surface area contributed by atoms with Gasteiger partial charge >= 0.3 is 0 Å². The van der Waals surface area contributed by atoms with Crippen LogP contribution in [0.15, 0.2) is 42.5 Å². The minimum Gasteiger partial charge on any atom is -0.100 e. The SMILES string of the molecule is C=C(CC1CCC(C(C)(C)C2C3CCC(C(C)(C)C)CC3C3CC(C(C)(C)C)CCC32)C1)C[Si](C)(C)c1ccccc1. The molecule has 4 aliphatic rings. The Kier molecular flexibility index (Phi) is 9.18. The summed E-state index contributed by atoms with van der Waals surface area (Å²) in [6, 6.07) is 12.6. The fraction of sp³-hybridized carbons (Fsp3) is 0.805. The topological polar surface area (TPSA) is 0 Å². The molecular formula is C41H68Si. The predicted octanol–water partition coefficient (Wildman–Crippen LogP) is 11.8. The van der Waals surface area contributed by atoms with Crippen molar-refractivity contribution in [2.75, 3.05) is 0 Å². The van der Waals surface area contributed by atoms with Gasteiger partial charge in [-0.15, -0.1) is 6.58 Å². The molecule has 4 saturated carbocycles. The molecule has 0 amide bonds. The molecule has 0 nitrogen and oxygen atoms in total. The highest BCUT2D eigenvalue weighted by Crippen LogP contribution is 2.67. The van der Waals surface area contributed by atoms with Crippen molar-refractivity contribution in [3.8, 4) is 0 Å². The summed E-state index contributed by atoms with van der Waals surface area (Å²) in [7, 11) is -1.47. The van der Waals surface area contributed by atoms with Crippen molar-refractivity contribution < 1.29 is 0 Å². The molecule has 0 N–H and O–H groups in total. The van der Waals surface area contributed by atoms with Gasteiger partial charge in [0, 0.05) is 0 Å². The van der Waals surface area contributed by atoms with Crippen LogP contribution in [-0.2, 0) is 0 Å². The maximum Gasteiger partial charge on any atom is 0.0845 e. The van der Waals surface area contributed by atoms with Crippen LogP contribution < -0.4 is 5.19 Å². The van der Waals surface area contributed by atoms with E-state index in [-0.39, 0.29) is 0 Å². The first-order valence-electron chi connectivity index (χ1n) is 18.2. The number of allylic oxidation sites excluding steroid dienone is 1. The third-order valence-corrected chi connectivity index (χ3v) is 17.4. The van der Waals surface area contributed by atoms with Gasteiger partial charge in [-0.1, -0.05) is 110 Å². The van der Waals surface area contributed by atoms with Crippen molar-refractivity contribution >= 4 is 13.3 Å². The van der Waals surface area contributed by atoms with Gasteiger partial charge in [-0.3, -0.25) is 0 Å². The average Bonchev–Trinajstić information content (AvgIpc) is 3.50. The monoisotopic (exact) mass is 589 g/mol. The van der Waals surface area contributed by atoms with Crippen LogP contribution in [0.4, 0.5) is 0 Å². The van der Waals surface area contributed by atoms with E-state index in [1.165, 1.54) is 70.3 Å². The van der Waals surface area contributed by atoms with E-state index < -0.39 is 8.07 Å². The first kappa shape index (κ1) is 32.6. The zero-order chi connectivity index (χ0) is 30.7. The molecule has 1 aromatic rings. The van der Waals surface area contributed by atoms with Crippen molar-refractivity contribution in [1.82, 2.24) is 0 Å². The molecule has 0 radical (unpaired) electrons. The van der Waals surface area contributed by atoms with E-state index in [1.807, 2.05) is 0 Å². The lowest BCUT2D eigenvalue weighted by Crippen LogP contribution is -2.41. The highest BCUT2D eigenvalue weighted by Gasteiger charge is 2.60. The number of hydrogen-bond acceptors (Lipinski definition) is 0. The lowest BCUT2D eigenvalue weighted by Gasteiger charge is -2.48. The molecule has 8 atom stereocenters. The number of rotatable bonds is 7. The zero-order valence-corrected chi connectivity index (χ0v) is 30.6. The van der Waals surface area contributed by atoms with E-state index in [9.17, 15) is 0 Å². The van der Waals surface area contributed by atoms with E-state index >= 15 is 0 Å². The molecule has 4 fully saturated rings. The molecule has 5 rings (SSSR count). The lowest BCUT2D eigenvalue weighted by atomic mass is 9.57. The van der Waals surface area contributed by atoms with Crippen molar-refractivity contribution in [2.45, 2.75) is 139 Å². The Morgan fingerprint density at radius 2 is 1.17 bits per heavy atom. The highest BCUT2D eigenvalue weighted by molar-refractivity contribution is 6.90. The molecular weight excluding hydrogens is 521 g/mol. The third-order valence-electron chi connectivity index (χ3n) is 14.1. The minimum atomic E-state index is -1.47. The van der Waals surface area contributed by atoms with Gasteiger partial charge in [-0.2, -0.15) is 0 Å². The quantitative estimate of drug-likeness (QED) is 0.219. The van der Waals surface area contributed by atoms with Crippen molar-refractivity contribution in [3.05, 3.63) is 42.5 Å². The maximum atomic E-state index is 4.69. The molecule has 236 valence electrons. The number of benzene rings is 1. The molecule has 8 unspecified atom stereocenters. The first-order valence-corrected chi connectivity index (χ1v) is 21.4. The summed E-state index contributed by atoms with van der Waals surface area (Å²) in [6.07, 6.45) is 14.7. The summed E-state index contributed by atoms with van der Waals surface area (Å²) in [6.45, 7) is 30.5. The average molecular weight is 589 g/mol. The molecule has 0 heterocycles. The number of fused-ring (bicyclic) bond motifs is 3. The second-order valence-corrected chi connectivity index (χ2v) is 24.2. The highest BCUT2D eigenvalue weighted by atomic mass is 28.3. The smallest absolute Gasteiger partial charge is 0.0845 e. The summed E-state index contributed by atoms with van der Waals surface area (Å²) in [5, 5.41) is 1.59. The predicted molar refractivity (Wildman–Crippen MR) is 188 cm³/mol. The van der Waals surface area contributed by atoms with Crippen LogP contribution in [0.1, 0.15) is 120 Å². The Bertz CT molecular complexity index is 1030. The Morgan fingerprint density at radius 1 is 0.667 bits per heavy atom. The molecule has 0 spiro atoms. The van der Waals surface area contributed by atoms with Gasteiger partial charge in [0.25, 0.3) is 0 Å². The fourth-order valence-electron chi connectivity index (χ4n) is 11.6. The lowest BCUT2D eigenvalue weighted by molar-refractivity contribution is 0.0122. The Morgan fingerprint density at radius 3 is 1.67 bits per heavy atom. The molecule has 0 aliphatic heterocycles. The third kappa shape index (κ3) is 6.58. The standard InChI is InChI=1S/C41H68Si/c1-28(27-42(10,11)33-15-13-12-14-16-33)23-29-17-18-32(24-29)41(8,9)38-34-21-19-30(39(2,3)4)25-36(34)37-26-31(40(5,6)7)20-22-35(37)38/h12-16,29-32,34-38H,1,17-27H2,2-11H3. The first-order chi connectivity index (χ1) is 19.5. The van der Waals surface area contributed by atoms with Crippen LogP contribution in [0.25, 0.3) is 0 Å². The maximum absolute atomic E-state index is 4.69. The molecule has 0 bridgehead atoms. The Balaban J connectivity index is 1.29. The van der Waals surface area contributed by atoms with E-state index in [4.69, 9.17) is 0 Å². The van der Waals surface area contributed by atoms with Crippen LogP contribution in [0.3, 0.4) is 0 Å². The molecule has 0 aromatic heterocycles. The van der Waals surface area contributed by atoms with E-state index in [0.717, 1.165) is 53.3 Å². The summed E-state index contributed by atoms with van der Waals surface area (Å²) >= 11 is 0. The van der Waals surface area contributed by atoms with E-state index in [0.29, 0.717) is 16.2 Å². The van der Waals surface area contributed by atoms with Gasteiger partial charge in [0.1, 0.15) is 0 Å². The number of hydrogen-bond donors (Lipinski definition) is 0. The minimum absolute atomic E-state index is 0.463. The van der Waals surface area contributed by atoms with E-state index in [2.05, 4.69) is 105 Å². The molecule has 4 aliphatic carbocycles. The van der Waals surface area contributed by atoms with Gasteiger partial charge in [0.2, 0.25) is 0 Å². The van der Waals surface area contributed by atoms with Gasteiger partial charge in [-0.25, -0.2) is 0 Å². The summed E-state index contributed by atoms with van der Waals surface area (Å²) in [4.78, 5) is 0. The normalized spacial score (nSPS) is 36.0. The largest absolute Gasteiger partial charge is 0.100 e. The van der Waals surface area contributed by atoms with Gasteiger partial charge in [0.15, 0.2) is 0 Å². The van der Waals surface area contributed by atoms with Crippen molar-refractivity contribution in [3.63, 3.8) is 0 Å². The second kappa shape index (κ2) is 11.8. The summed E-state index contributed by atoms with van der Waals surface area (Å²) in [5.74, 6) is 8.50. The Hall–Kier alpha value is -0.823. The van der Waals surface area contributed by atoms with Gasteiger partial charge in [-0.05, 0) is 140 Å². The molecule has 1 aromatic carbocycles. The molecule has 0 saturated heterocycles. The van der Waals surface area contributed by atoms with Crippen LogP contribution >= 0.6 is 0 Å². The van der Waals surface area contributed by atoms with Crippen LogP contribution in [-0.4, -0.2) is 8.07 Å². The van der Waals surface area contributed by atoms with E-state index in [1.54, 1.807) is 10.8 Å². The van der Waals surface area contributed by atoms with Crippen molar-refractivity contribution in [1.29, 1.82) is 0 Å².